The van der Waals surface area contributed by atoms with E-state index in [4.69, 9.17) is 14.2 Å². The molecule has 26 heavy (non-hydrogen) atoms. The Balaban J connectivity index is 1.43. The first-order chi connectivity index (χ1) is 12.6. The fraction of sp³-hybridized carbons (Fsp3) is 0.263. The highest BCUT2D eigenvalue weighted by Gasteiger charge is 2.14. The molecule has 0 spiro atoms. The molecule has 136 valence electrons. The highest BCUT2D eigenvalue weighted by Crippen LogP contribution is 2.32. The van der Waals surface area contributed by atoms with Crippen molar-refractivity contribution in [2.45, 2.75) is 11.8 Å². The van der Waals surface area contributed by atoms with E-state index in [1.54, 1.807) is 18.2 Å². The number of anilines is 1. The van der Waals surface area contributed by atoms with Crippen LogP contribution in [0, 0.1) is 6.92 Å². The zero-order valence-corrected chi connectivity index (χ0v) is 15.1. The average Bonchev–Trinajstić information content (AvgIpc) is 2.65. The van der Waals surface area contributed by atoms with Crippen LogP contribution in [0.1, 0.15) is 5.56 Å². The maximum atomic E-state index is 11.9. The van der Waals surface area contributed by atoms with Crippen molar-refractivity contribution in [3.63, 3.8) is 0 Å². The second-order valence-corrected chi connectivity index (χ2v) is 6.64. The van der Waals surface area contributed by atoms with Crippen LogP contribution in [-0.2, 0) is 14.3 Å². The van der Waals surface area contributed by atoms with Crippen LogP contribution in [0.5, 0.6) is 11.5 Å². The van der Waals surface area contributed by atoms with Crippen LogP contribution in [0.25, 0.3) is 0 Å². The molecular formula is C19H19NO5S. The molecule has 1 aliphatic rings. The number of benzene rings is 2. The van der Waals surface area contributed by atoms with Gasteiger partial charge in [-0.1, -0.05) is 18.2 Å². The maximum Gasteiger partial charge on any atom is 0.316 e. The number of fused-ring (bicyclic) bond motifs is 1. The smallest absolute Gasteiger partial charge is 0.316 e. The molecular weight excluding hydrogens is 354 g/mol. The Morgan fingerprint density at radius 1 is 1.12 bits per heavy atom. The minimum absolute atomic E-state index is 0.155. The lowest BCUT2D eigenvalue weighted by Gasteiger charge is -2.19. The van der Waals surface area contributed by atoms with Gasteiger partial charge in [-0.2, -0.15) is 0 Å². The molecule has 0 saturated carbocycles. The molecule has 0 unspecified atom stereocenters. The van der Waals surface area contributed by atoms with Gasteiger partial charge in [0.15, 0.2) is 18.1 Å². The van der Waals surface area contributed by atoms with Gasteiger partial charge in [0.05, 0.1) is 5.75 Å². The van der Waals surface area contributed by atoms with Gasteiger partial charge in [-0.3, -0.25) is 9.59 Å². The summed E-state index contributed by atoms with van der Waals surface area (Å²) >= 11 is 1.39. The van der Waals surface area contributed by atoms with Gasteiger partial charge in [0.2, 0.25) is 0 Å². The molecule has 1 aliphatic heterocycles. The van der Waals surface area contributed by atoms with Gasteiger partial charge in [0.1, 0.15) is 13.2 Å². The van der Waals surface area contributed by atoms with Crippen molar-refractivity contribution in [3.8, 4) is 11.5 Å². The number of carbonyl (C=O) groups is 2. The van der Waals surface area contributed by atoms with E-state index in [-0.39, 0.29) is 12.4 Å². The number of rotatable bonds is 6. The minimum atomic E-state index is -0.435. The normalized spacial score (nSPS) is 12.3. The van der Waals surface area contributed by atoms with Crippen molar-refractivity contribution in [2.75, 3.05) is 30.9 Å². The van der Waals surface area contributed by atoms with E-state index in [0.29, 0.717) is 30.4 Å². The zero-order valence-electron chi connectivity index (χ0n) is 14.3. The van der Waals surface area contributed by atoms with Crippen molar-refractivity contribution in [1.82, 2.24) is 0 Å². The lowest BCUT2D eigenvalue weighted by Crippen LogP contribution is -2.22. The highest BCUT2D eigenvalue weighted by atomic mass is 32.2. The standard InChI is InChI=1S/C19H19NO5S/c1-13-4-2-3-5-17(13)26-12-19(22)25-11-18(21)20-14-6-7-15-16(10-14)24-9-8-23-15/h2-7,10H,8-9,11-12H2,1H3,(H,20,21). The van der Waals surface area contributed by atoms with Crippen LogP contribution in [0.15, 0.2) is 47.4 Å². The van der Waals surface area contributed by atoms with Gasteiger partial charge in [0, 0.05) is 16.6 Å². The summed E-state index contributed by atoms with van der Waals surface area (Å²) in [6.07, 6.45) is 0. The van der Waals surface area contributed by atoms with Crippen LogP contribution >= 0.6 is 11.8 Å². The molecule has 2 aromatic rings. The third-order valence-corrected chi connectivity index (χ3v) is 4.78. The van der Waals surface area contributed by atoms with Crippen molar-refractivity contribution in [1.29, 1.82) is 0 Å². The lowest BCUT2D eigenvalue weighted by atomic mass is 10.2. The molecule has 3 rings (SSSR count). The van der Waals surface area contributed by atoms with E-state index in [1.165, 1.54) is 11.8 Å². The number of hydrogen-bond donors (Lipinski definition) is 1. The molecule has 1 heterocycles. The summed E-state index contributed by atoms with van der Waals surface area (Å²) in [5.41, 5.74) is 1.66. The van der Waals surface area contributed by atoms with E-state index in [1.807, 2.05) is 31.2 Å². The van der Waals surface area contributed by atoms with Crippen molar-refractivity contribution >= 4 is 29.3 Å². The third-order valence-electron chi connectivity index (χ3n) is 3.63. The van der Waals surface area contributed by atoms with Crippen molar-refractivity contribution in [2.24, 2.45) is 0 Å². The largest absolute Gasteiger partial charge is 0.486 e. The quantitative estimate of drug-likeness (QED) is 0.620. The van der Waals surface area contributed by atoms with E-state index in [2.05, 4.69) is 5.32 Å². The monoisotopic (exact) mass is 373 g/mol. The van der Waals surface area contributed by atoms with Gasteiger partial charge < -0.3 is 19.5 Å². The van der Waals surface area contributed by atoms with Gasteiger partial charge in [-0.15, -0.1) is 11.8 Å². The Bertz CT molecular complexity index is 808. The number of ether oxygens (including phenoxy) is 3. The predicted octanol–water partition coefficient (Wildman–Crippen LogP) is 3.04. The second kappa shape index (κ2) is 8.62. The molecule has 0 aromatic heterocycles. The number of carbonyl (C=O) groups excluding carboxylic acids is 2. The SMILES string of the molecule is Cc1ccccc1SCC(=O)OCC(=O)Nc1ccc2c(c1)OCCO2. The highest BCUT2D eigenvalue weighted by molar-refractivity contribution is 8.00. The van der Waals surface area contributed by atoms with Crippen molar-refractivity contribution < 1.29 is 23.8 Å². The number of aryl methyl sites for hydroxylation is 1. The van der Waals surface area contributed by atoms with E-state index in [0.717, 1.165) is 10.5 Å². The molecule has 0 radical (unpaired) electrons. The molecule has 0 aliphatic carbocycles. The van der Waals surface area contributed by atoms with E-state index >= 15 is 0 Å². The Morgan fingerprint density at radius 3 is 2.69 bits per heavy atom. The summed E-state index contributed by atoms with van der Waals surface area (Å²) in [6, 6.07) is 12.9. The molecule has 1 N–H and O–H groups in total. The van der Waals surface area contributed by atoms with Crippen LogP contribution in [-0.4, -0.2) is 37.4 Å². The maximum absolute atomic E-state index is 11.9. The molecule has 2 aromatic carbocycles. The molecule has 6 nitrogen and oxygen atoms in total. The topological polar surface area (TPSA) is 73.9 Å². The first kappa shape index (κ1) is 18.1. The van der Waals surface area contributed by atoms with E-state index < -0.39 is 11.9 Å². The molecule has 0 saturated heterocycles. The van der Waals surface area contributed by atoms with E-state index in [9.17, 15) is 9.59 Å². The Hall–Kier alpha value is -2.67. The zero-order chi connectivity index (χ0) is 18.4. The minimum Gasteiger partial charge on any atom is -0.486 e. The Kier molecular flexibility index (Phi) is 6.01. The third kappa shape index (κ3) is 4.92. The number of thioether (sulfide) groups is 1. The van der Waals surface area contributed by atoms with Gasteiger partial charge in [-0.25, -0.2) is 0 Å². The van der Waals surface area contributed by atoms with Gasteiger partial charge in [0.25, 0.3) is 5.91 Å². The fourth-order valence-corrected chi connectivity index (χ4v) is 3.19. The van der Waals surface area contributed by atoms with Crippen LogP contribution in [0.3, 0.4) is 0 Å². The Morgan fingerprint density at radius 2 is 1.88 bits per heavy atom. The number of hydrogen-bond acceptors (Lipinski definition) is 6. The number of esters is 1. The first-order valence-corrected chi connectivity index (χ1v) is 9.14. The first-order valence-electron chi connectivity index (χ1n) is 8.15. The van der Waals surface area contributed by atoms with Crippen LogP contribution in [0.4, 0.5) is 5.69 Å². The summed E-state index contributed by atoms with van der Waals surface area (Å²) in [6.45, 7) is 2.63. The van der Waals surface area contributed by atoms with Crippen molar-refractivity contribution in [3.05, 3.63) is 48.0 Å². The summed E-state index contributed by atoms with van der Waals surface area (Å²) in [5, 5.41) is 2.67. The summed E-state index contributed by atoms with van der Waals surface area (Å²) in [7, 11) is 0. The van der Waals surface area contributed by atoms with Crippen LogP contribution in [0.2, 0.25) is 0 Å². The summed E-state index contributed by atoms with van der Waals surface area (Å²) in [5.74, 6) is 0.545. The Labute approximate surface area is 155 Å². The number of nitrogens with one attached hydrogen (secondary N) is 1. The summed E-state index contributed by atoms with van der Waals surface area (Å²) in [4.78, 5) is 24.8. The number of amides is 1. The van der Waals surface area contributed by atoms with Gasteiger partial charge >= 0.3 is 5.97 Å². The molecule has 0 atom stereocenters. The molecule has 0 fully saturated rings. The molecule has 1 amide bonds. The predicted molar refractivity (Wildman–Crippen MR) is 98.9 cm³/mol. The molecule has 0 bridgehead atoms. The average molecular weight is 373 g/mol. The molecule has 7 heteroatoms. The van der Waals surface area contributed by atoms with Crippen LogP contribution < -0.4 is 14.8 Å². The van der Waals surface area contributed by atoms with Gasteiger partial charge in [-0.05, 0) is 30.7 Å². The lowest BCUT2D eigenvalue weighted by molar-refractivity contribution is -0.144. The summed E-state index contributed by atoms with van der Waals surface area (Å²) < 4.78 is 15.9. The fourth-order valence-electron chi connectivity index (χ4n) is 2.36. The second-order valence-electron chi connectivity index (χ2n) is 5.62.